The Labute approximate surface area is 92.2 Å². The Morgan fingerprint density at radius 1 is 1.00 bits per heavy atom. The molecule has 0 bridgehead atoms. The van der Waals surface area contributed by atoms with Crippen molar-refractivity contribution in [1.29, 1.82) is 0 Å². The molecule has 0 heterocycles. The highest BCUT2D eigenvalue weighted by molar-refractivity contribution is 4.62. The van der Waals surface area contributed by atoms with Crippen molar-refractivity contribution in [2.24, 2.45) is 5.84 Å². The monoisotopic (exact) mass is 220 g/mol. The van der Waals surface area contributed by atoms with Crippen LogP contribution in [0, 0.1) is 0 Å². The van der Waals surface area contributed by atoms with Crippen molar-refractivity contribution >= 4 is 0 Å². The van der Waals surface area contributed by atoms with Gasteiger partial charge in [0.05, 0.1) is 13.2 Å². The average molecular weight is 220 g/mol. The summed E-state index contributed by atoms with van der Waals surface area (Å²) in [5.74, 6) is 5.42. The summed E-state index contributed by atoms with van der Waals surface area (Å²) in [4.78, 5) is 0. The van der Waals surface area contributed by atoms with Gasteiger partial charge in [-0.1, -0.05) is 0 Å². The highest BCUT2D eigenvalue weighted by Gasteiger charge is 2.05. The summed E-state index contributed by atoms with van der Waals surface area (Å²) in [6.07, 6.45) is 2.95. The van der Waals surface area contributed by atoms with Crippen molar-refractivity contribution in [2.45, 2.75) is 25.3 Å². The first-order chi connectivity index (χ1) is 7.35. The summed E-state index contributed by atoms with van der Waals surface area (Å²) in [5.41, 5.74) is 2.79. The fraction of sp³-hybridized carbons (Fsp3) is 1.00. The maximum Gasteiger partial charge on any atom is 0.0700 e. The second kappa shape index (κ2) is 11.9. The van der Waals surface area contributed by atoms with E-state index in [0.29, 0.717) is 25.9 Å². The molecule has 3 N–H and O–H groups in total. The Kier molecular flexibility index (Phi) is 11.7. The minimum absolute atomic E-state index is 0.308. The van der Waals surface area contributed by atoms with E-state index in [1.807, 2.05) is 0 Å². The number of ether oxygens (including phenoxy) is 3. The van der Waals surface area contributed by atoms with Crippen LogP contribution in [0.15, 0.2) is 0 Å². The first-order valence-corrected chi connectivity index (χ1v) is 5.37. The molecule has 5 heteroatoms. The van der Waals surface area contributed by atoms with Gasteiger partial charge >= 0.3 is 0 Å². The van der Waals surface area contributed by atoms with Gasteiger partial charge in [-0.05, 0) is 19.3 Å². The molecule has 0 rings (SSSR count). The van der Waals surface area contributed by atoms with Gasteiger partial charge in [-0.15, -0.1) is 0 Å². The van der Waals surface area contributed by atoms with Crippen LogP contribution in [0.2, 0.25) is 0 Å². The topological polar surface area (TPSA) is 65.7 Å². The maximum atomic E-state index is 5.42. The molecule has 1 atom stereocenters. The molecule has 0 aromatic carbocycles. The Morgan fingerprint density at radius 2 is 1.73 bits per heavy atom. The van der Waals surface area contributed by atoms with Crippen LogP contribution < -0.4 is 11.3 Å². The molecule has 0 fully saturated rings. The predicted molar refractivity (Wildman–Crippen MR) is 59.5 cm³/mol. The number of hydrazine groups is 1. The highest BCUT2D eigenvalue weighted by Crippen LogP contribution is 2.01. The zero-order valence-electron chi connectivity index (χ0n) is 9.83. The number of rotatable bonds is 11. The van der Waals surface area contributed by atoms with Crippen molar-refractivity contribution < 1.29 is 14.2 Å². The minimum Gasteiger partial charge on any atom is -0.385 e. The molecule has 0 aromatic heterocycles. The van der Waals surface area contributed by atoms with Gasteiger partial charge < -0.3 is 14.2 Å². The van der Waals surface area contributed by atoms with E-state index in [1.54, 1.807) is 14.2 Å². The molecule has 0 aromatic rings. The largest absolute Gasteiger partial charge is 0.385 e. The molecule has 5 nitrogen and oxygen atoms in total. The van der Waals surface area contributed by atoms with Crippen LogP contribution in [0.1, 0.15) is 19.3 Å². The van der Waals surface area contributed by atoms with Crippen molar-refractivity contribution in [3.63, 3.8) is 0 Å². The van der Waals surface area contributed by atoms with Gasteiger partial charge in [0.2, 0.25) is 0 Å². The first-order valence-electron chi connectivity index (χ1n) is 5.37. The van der Waals surface area contributed by atoms with Gasteiger partial charge in [0.1, 0.15) is 0 Å². The Bertz CT molecular complexity index is 125. The quantitative estimate of drug-likeness (QED) is 0.298. The van der Waals surface area contributed by atoms with Crippen LogP contribution in [0.4, 0.5) is 0 Å². The fourth-order valence-electron chi connectivity index (χ4n) is 1.25. The van der Waals surface area contributed by atoms with Crippen LogP contribution in [0.3, 0.4) is 0 Å². The molecule has 15 heavy (non-hydrogen) atoms. The van der Waals surface area contributed by atoms with Crippen molar-refractivity contribution in [3.8, 4) is 0 Å². The van der Waals surface area contributed by atoms with E-state index in [-0.39, 0.29) is 0 Å². The number of hydrogen-bond acceptors (Lipinski definition) is 5. The zero-order valence-corrected chi connectivity index (χ0v) is 9.83. The lowest BCUT2D eigenvalue weighted by molar-refractivity contribution is 0.0649. The van der Waals surface area contributed by atoms with E-state index in [1.165, 1.54) is 0 Å². The van der Waals surface area contributed by atoms with Crippen LogP contribution >= 0.6 is 0 Å². The van der Waals surface area contributed by atoms with Crippen LogP contribution in [0.5, 0.6) is 0 Å². The lowest BCUT2D eigenvalue weighted by Gasteiger charge is -2.15. The smallest absolute Gasteiger partial charge is 0.0700 e. The zero-order chi connectivity index (χ0) is 11.4. The number of nitrogens with one attached hydrogen (secondary N) is 1. The molecule has 0 amide bonds. The van der Waals surface area contributed by atoms with Crippen molar-refractivity contribution in [2.75, 3.05) is 40.6 Å². The van der Waals surface area contributed by atoms with Crippen LogP contribution in [-0.2, 0) is 14.2 Å². The molecular weight excluding hydrogens is 196 g/mol. The highest BCUT2D eigenvalue weighted by atomic mass is 16.5. The molecule has 0 aliphatic rings. The SMILES string of the molecule is COCCCC(CCOCCOC)NN. The summed E-state index contributed by atoms with van der Waals surface area (Å²) < 4.78 is 15.2. The molecule has 0 radical (unpaired) electrons. The summed E-state index contributed by atoms with van der Waals surface area (Å²) in [7, 11) is 3.37. The standard InChI is InChI=1S/C10H24N2O3/c1-13-6-3-4-10(12-11)5-7-15-9-8-14-2/h10,12H,3-9,11H2,1-2H3. The number of hydrogen-bond donors (Lipinski definition) is 2. The molecule has 0 aliphatic heterocycles. The summed E-state index contributed by atoms with van der Waals surface area (Å²) in [6.45, 7) is 2.78. The predicted octanol–water partition coefficient (Wildman–Crippen LogP) is 0.298. The molecule has 0 saturated heterocycles. The van der Waals surface area contributed by atoms with Gasteiger partial charge in [0, 0.05) is 33.5 Å². The van der Waals surface area contributed by atoms with Crippen molar-refractivity contribution in [1.82, 2.24) is 5.43 Å². The first kappa shape index (κ1) is 14.8. The van der Waals surface area contributed by atoms with Gasteiger partial charge in [-0.25, -0.2) is 0 Å². The Hall–Kier alpha value is -0.200. The van der Waals surface area contributed by atoms with Crippen molar-refractivity contribution in [3.05, 3.63) is 0 Å². The van der Waals surface area contributed by atoms with Gasteiger partial charge in [-0.2, -0.15) is 0 Å². The van der Waals surface area contributed by atoms with E-state index in [4.69, 9.17) is 20.1 Å². The fourth-order valence-corrected chi connectivity index (χ4v) is 1.25. The van der Waals surface area contributed by atoms with Gasteiger partial charge in [0.15, 0.2) is 0 Å². The summed E-state index contributed by atoms with van der Waals surface area (Å²) >= 11 is 0. The van der Waals surface area contributed by atoms with E-state index < -0.39 is 0 Å². The lowest BCUT2D eigenvalue weighted by Crippen LogP contribution is -2.36. The van der Waals surface area contributed by atoms with Gasteiger partial charge in [0.25, 0.3) is 0 Å². The van der Waals surface area contributed by atoms with Crippen LogP contribution in [-0.4, -0.2) is 46.7 Å². The van der Waals surface area contributed by atoms with Crippen LogP contribution in [0.25, 0.3) is 0 Å². The normalized spacial score (nSPS) is 13.0. The molecule has 1 unspecified atom stereocenters. The Morgan fingerprint density at radius 3 is 2.33 bits per heavy atom. The van der Waals surface area contributed by atoms with E-state index >= 15 is 0 Å². The van der Waals surface area contributed by atoms with E-state index in [2.05, 4.69) is 5.43 Å². The van der Waals surface area contributed by atoms with Gasteiger partial charge in [-0.3, -0.25) is 11.3 Å². The summed E-state index contributed by atoms with van der Waals surface area (Å²) in [6, 6.07) is 0.308. The third-order valence-corrected chi connectivity index (χ3v) is 2.18. The molecule has 0 spiro atoms. The minimum atomic E-state index is 0.308. The molecular formula is C10H24N2O3. The molecule has 0 saturated carbocycles. The summed E-state index contributed by atoms with van der Waals surface area (Å²) in [5, 5.41) is 0. The van der Waals surface area contributed by atoms with E-state index in [0.717, 1.165) is 25.9 Å². The number of methoxy groups -OCH3 is 2. The average Bonchev–Trinajstić information content (AvgIpc) is 2.26. The Balaban J connectivity index is 3.28. The van der Waals surface area contributed by atoms with E-state index in [9.17, 15) is 0 Å². The maximum absolute atomic E-state index is 5.42. The third-order valence-electron chi connectivity index (χ3n) is 2.18. The molecule has 0 aliphatic carbocycles. The second-order valence-corrected chi connectivity index (χ2v) is 3.39. The third kappa shape index (κ3) is 10.1. The second-order valence-electron chi connectivity index (χ2n) is 3.39. The number of nitrogens with two attached hydrogens (primary N) is 1. The molecule has 92 valence electrons. The lowest BCUT2D eigenvalue weighted by atomic mass is 10.1.